The van der Waals surface area contributed by atoms with Crippen LogP contribution >= 0.6 is 0 Å². The fourth-order valence-corrected chi connectivity index (χ4v) is 5.60. The van der Waals surface area contributed by atoms with Gasteiger partial charge in [-0.2, -0.15) is 0 Å². The first-order chi connectivity index (χ1) is 15.1. The van der Waals surface area contributed by atoms with Crippen LogP contribution in [0.4, 0.5) is 0 Å². The Balaban J connectivity index is 1.34. The van der Waals surface area contributed by atoms with Crippen LogP contribution in [0, 0.1) is 5.92 Å². The number of hydrogen-bond acceptors (Lipinski definition) is 4. The zero-order chi connectivity index (χ0) is 21.4. The first-order valence-corrected chi connectivity index (χ1v) is 11.6. The molecule has 2 saturated heterocycles. The van der Waals surface area contributed by atoms with E-state index in [1.807, 2.05) is 28.8 Å². The third-order valence-electron chi connectivity index (χ3n) is 7.19. The summed E-state index contributed by atoms with van der Waals surface area (Å²) in [4.78, 5) is 30.4. The highest BCUT2D eigenvalue weighted by Gasteiger charge is 2.38. The van der Waals surface area contributed by atoms with Crippen molar-refractivity contribution in [1.29, 1.82) is 0 Å². The van der Waals surface area contributed by atoms with Crippen molar-refractivity contribution in [2.45, 2.75) is 50.8 Å². The van der Waals surface area contributed by atoms with E-state index in [0.29, 0.717) is 25.2 Å². The SMILES string of the molecule is O=C([C@H](O)c1ccccc1)N1C[C@@H]2C[C@H](C1)c1ccc(CN3CCCCC3)c(=O)n1C2. The van der Waals surface area contributed by atoms with E-state index in [-0.39, 0.29) is 23.3 Å². The maximum Gasteiger partial charge on any atom is 0.256 e. The molecule has 1 aromatic heterocycles. The lowest BCUT2D eigenvalue weighted by Crippen LogP contribution is -2.50. The van der Waals surface area contributed by atoms with Crippen LogP contribution in [-0.2, 0) is 17.9 Å². The molecule has 6 nitrogen and oxygen atoms in total. The third kappa shape index (κ3) is 4.06. The second-order valence-electron chi connectivity index (χ2n) is 9.39. The Morgan fingerprint density at radius 1 is 1.00 bits per heavy atom. The minimum atomic E-state index is -1.13. The number of nitrogens with zero attached hydrogens (tertiary/aromatic N) is 3. The summed E-state index contributed by atoms with van der Waals surface area (Å²) in [5.74, 6) is 0.163. The summed E-state index contributed by atoms with van der Waals surface area (Å²) in [7, 11) is 0. The van der Waals surface area contributed by atoms with Crippen LogP contribution in [0.3, 0.4) is 0 Å². The molecule has 0 spiro atoms. The fourth-order valence-electron chi connectivity index (χ4n) is 5.60. The lowest BCUT2D eigenvalue weighted by molar-refractivity contribution is -0.143. The quantitative estimate of drug-likeness (QED) is 0.824. The zero-order valence-electron chi connectivity index (χ0n) is 17.9. The van der Waals surface area contributed by atoms with Gasteiger partial charge in [0, 0.05) is 43.4 Å². The summed E-state index contributed by atoms with van der Waals surface area (Å²) >= 11 is 0. The summed E-state index contributed by atoms with van der Waals surface area (Å²) in [6.07, 6.45) is 3.59. The maximum absolute atomic E-state index is 13.2. The van der Waals surface area contributed by atoms with E-state index in [1.54, 1.807) is 17.0 Å². The van der Waals surface area contributed by atoms with Crippen molar-refractivity contribution in [3.8, 4) is 0 Å². The highest BCUT2D eigenvalue weighted by atomic mass is 16.3. The second-order valence-corrected chi connectivity index (χ2v) is 9.39. The average Bonchev–Trinajstić information content (AvgIpc) is 2.81. The molecule has 3 aliphatic rings. The molecule has 6 heteroatoms. The fraction of sp³-hybridized carbons (Fsp3) is 0.520. The number of pyridine rings is 1. The predicted octanol–water partition coefficient (Wildman–Crippen LogP) is 2.51. The lowest BCUT2D eigenvalue weighted by atomic mass is 9.82. The van der Waals surface area contributed by atoms with Gasteiger partial charge in [-0.15, -0.1) is 0 Å². The van der Waals surface area contributed by atoms with Gasteiger partial charge in [0.2, 0.25) is 0 Å². The second kappa shape index (κ2) is 8.60. The molecule has 0 saturated carbocycles. The molecule has 1 N–H and O–H groups in total. The molecule has 0 aliphatic carbocycles. The van der Waals surface area contributed by atoms with E-state index < -0.39 is 6.10 Å². The zero-order valence-corrected chi connectivity index (χ0v) is 17.9. The third-order valence-corrected chi connectivity index (χ3v) is 7.19. The van der Waals surface area contributed by atoms with Gasteiger partial charge in [0.1, 0.15) is 0 Å². The Bertz CT molecular complexity index is 997. The van der Waals surface area contributed by atoms with E-state index in [2.05, 4.69) is 11.0 Å². The monoisotopic (exact) mass is 421 g/mol. The van der Waals surface area contributed by atoms with Gasteiger partial charge in [0.15, 0.2) is 6.10 Å². The van der Waals surface area contributed by atoms with Crippen molar-refractivity contribution in [3.05, 3.63) is 69.6 Å². The molecule has 0 radical (unpaired) electrons. The number of amides is 1. The molecule has 3 aliphatic heterocycles. The highest BCUT2D eigenvalue weighted by molar-refractivity contribution is 5.82. The Hall–Kier alpha value is -2.44. The smallest absolute Gasteiger partial charge is 0.256 e. The summed E-state index contributed by atoms with van der Waals surface area (Å²) in [5, 5.41) is 10.6. The van der Waals surface area contributed by atoms with Crippen LogP contribution in [0.25, 0.3) is 0 Å². The van der Waals surface area contributed by atoms with Crippen LogP contribution in [0.1, 0.15) is 54.5 Å². The van der Waals surface area contributed by atoms with Gasteiger partial charge in [-0.3, -0.25) is 14.5 Å². The largest absolute Gasteiger partial charge is 0.378 e. The molecule has 4 heterocycles. The Morgan fingerprint density at radius 2 is 1.77 bits per heavy atom. The minimum absolute atomic E-state index is 0.141. The number of aliphatic hydroxyl groups excluding tert-OH is 1. The van der Waals surface area contributed by atoms with Crippen LogP contribution in [0.5, 0.6) is 0 Å². The van der Waals surface area contributed by atoms with E-state index in [1.165, 1.54) is 19.3 Å². The number of carbonyl (C=O) groups is 1. The highest BCUT2D eigenvalue weighted by Crippen LogP contribution is 2.36. The minimum Gasteiger partial charge on any atom is -0.378 e. The van der Waals surface area contributed by atoms with Crippen LogP contribution in [0.2, 0.25) is 0 Å². The van der Waals surface area contributed by atoms with Crippen molar-refractivity contribution in [3.63, 3.8) is 0 Å². The van der Waals surface area contributed by atoms with E-state index >= 15 is 0 Å². The number of fused-ring (bicyclic) bond motifs is 4. The van der Waals surface area contributed by atoms with Crippen LogP contribution < -0.4 is 5.56 Å². The lowest BCUT2D eigenvalue weighted by Gasteiger charge is -2.43. The molecule has 2 aromatic rings. The summed E-state index contributed by atoms with van der Waals surface area (Å²) < 4.78 is 1.97. The molecule has 1 aromatic carbocycles. The Kier molecular flexibility index (Phi) is 5.67. The molecule has 164 valence electrons. The first-order valence-electron chi connectivity index (χ1n) is 11.6. The van der Waals surface area contributed by atoms with Gasteiger partial charge in [-0.25, -0.2) is 0 Å². The standard InChI is InChI=1S/C25H31N3O3/c29-23(19-7-3-1-4-8-19)25(31)27-14-18-13-21(17-27)22-10-9-20(24(30)28(22)15-18)16-26-11-5-2-6-12-26/h1,3-4,7-10,18,21,23,29H,2,5-6,11-17H2/t18-,21+,23+/m0/s1. The van der Waals surface area contributed by atoms with Gasteiger partial charge in [0.25, 0.3) is 11.5 Å². The molecule has 3 atom stereocenters. The number of hydrogen-bond donors (Lipinski definition) is 1. The van der Waals surface area contributed by atoms with Crippen molar-refractivity contribution in [1.82, 2.24) is 14.4 Å². The first kappa shape index (κ1) is 20.5. The number of piperidine rings is 2. The summed E-state index contributed by atoms with van der Waals surface area (Å²) in [5.41, 5.74) is 2.69. The number of aromatic nitrogens is 1. The average molecular weight is 422 g/mol. The van der Waals surface area contributed by atoms with Gasteiger partial charge < -0.3 is 14.6 Å². The van der Waals surface area contributed by atoms with Crippen LogP contribution in [0.15, 0.2) is 47.3 Å². The van der Waals surface area contributed by atoms with E-state index in [9.17, 15) is 14.7 Å². The topological polar surface area (TPSA) is 65.8 Å². The van der Waals surface area contributed by atoms with Crippen molar-refractivity contribution in [2.75, 3.05) is 26.2 Å². The van der Waals surface area contributed by atoms with Gasteiger partial charge in [0.05, 0.1) is 0 Å². The number of benzene rings is 1. The molecule has 0 unspecified atom stereocenters. The van der Waals surface area contributed by atoms with Crippen LogP contribution in [-0.4, -0.2) is 51.6 Å². The molecule has 2 fully saturated rings. The molecular weight excluding hydrogens is 390 g/mol. The number of aliphatic hydroxyl groups is 1. The molecule has 1 amide bonds. The normalized spacial score (nSPS) is 24.5. The van der Waals surface area contributed by atoms with Gasteiger partial charge in [-0.1, -0.05) is 42.8 Å². The molecule has 2 bridgehead atoms. The summed E-state index contributed by atoms with van der Waals surface area (Å²) in [6, 6.07) is 13.2. The molecule has 5 rings (SSSR count). The summed E-state index contributed by atoms with van der Waals surface area (Å²) in [6.45, 7) is 4.71. The Labute approximate surface area is 183 Å². The predicted molar refractivity (Wildman–Crippen MR) is 119 cm³/mol. The van der Waals surface area contributed by atoms with Crippen molar-refractivity contribution >= 4 is 5.91 Å². The molecule has 31 heavy (non-hydrogen) atoms. The van der Waals surface area contributed by atoms with Crippen molar-refractivity contribution in [2.24, 2.45) is 5.92 Å². The van der Waals surface area contributed by atoms with Gasteiger partial charge in [-0.05, 0) is 49.9 Å². The van der Waals surface area contributed by atoms with E-state index in [0.717, 1.165) is 37.3 Å². The van der Waals surface area contributed by atoms with E-state index in [4.69, 9.17) is 0 Å². The molecular formula is C25H31N3O3. The number of carbonyl (C=O) groups excluding carboxylic acids is 1. The van der Waals surface area contributed by atoms with Crippen molar-refractivity contribution < 1.29 is 9.90 Å². The Morgan fingerprint density at radius 3 is 2.55 bits per heavy atom. The number of rotatable bonds is 4. The maximum atomic E-state index is 13.2. The number of likely N-dealkylation sites (tertiary alicyclic amines) is 2. The van der Waals surface area contributed by atoms with Gasteiger partial charge >= 0.3 is 0 Å².